The average Bonchev–Trinajstić information content (AvgIpc) is 2.67. The van der Waals surface area contributed by atoms with Crippen molar-refractivity contribution in [1.82, 2.24) is 0 Å². The first-order valence-electron chi connectivity index (χ1n) is 10.00. The molecule has 0 amide bonds. The number of ketones is 2. The van der Waals surface area contributed by atoms with Crippen molar-refractivity contribution in [2.24, 2.45) is 22.7 Å². The molecule has 0 spiro atoms. The molecule has 4 fully saturated rings. The van der Waals surface area contributed by atoms with E-state index in [2.05, 4.69) is 0 Å². The second-order valence-electron chi connectivity index (χ2n) is 9.19. The van der Waals surface area contributed by atoms with E-state index in [0.29, 0.717) is 29.4 Å². The van der Waals surface area contributed by atoms with Gasteiger partial charge in [-0.3, -0.25) is 9.59 Å². The predicted octanol–water partition coefficient (Wildman–Crippen LogP) is 5.62. The number of carbonyl (C=O) groups excluding carboxylic acids is 2. The topological polar surface area (TPSA) is 34.1 Å². The van der Waals surface area contributed by atoms with Gasteiger partial charge in [0, 0.05) is 22.0 Å². The van der Waals surface area contributed by atoms with Crippen LogP contribution in [-0.2, 0) is 0 Å². The van der Waals surface area contributed by atoms with Crippen molar-refractivity contribution in [3.8, 4) is 0 Å². The van der Waals surface area contributed by atoms with Crippen LogP contribution in [0.1, 0.15) is 59.2 Å². The molecule has 4 aliphatic carbocycles. The van der Waals surface area contributed by atoms with E-state index in [1.807, 2.05) is 0 Å². The third-order valence-corrected chi connectivity index (χ3v) is 7.24. The first kappa shape index (κ1) is 17.7. The molecule has 2 aromatic rings. The summed E-state index contributed by atoms with van der Waals surface area (Å²) in [5.74, 6) is 0.135. The van der Waals surface area contributed by atoms with Gasteiger partial charge in [0.1, 0.15) is 11.6 Å². The fourth-order valence-corrected chi connectivity index (χ4v) is 6.61. The van der Waals surface area contributed by atoms with Crippen LogP contribution in [0.25, 0.3) is 0 Å². The Morgan fingerprint density at radius 2 is 1.04 bits per heavy atom. The second kappa shape index (κ2) is 6.07. The molecule has 0 saturated heterocycles. The molecule has 0 atom stereocenters. The lowest BCUT2D eigenvalue weighted by Gasteiger charge is -2.60. The molecule has 4 bridgehead atoms. The van der Waals surface area contributed by atoms with E-state index in [-0.39, 0.29) is 23.2 Å². The Morgan fingerprint density at radius 1 is 0.679 bits per heavy atom. The maximum Gasteiger partial charge on any atom is 0.169 e. The van der Waals surface area contributed by atoms with Crippen molar-refractivity contribution in [1.29, 1.82) is 0 Å². The van der Waals surface area contributed by atoms with Crippen molar-refractivity contribution in [2.75, 3.05) is 0 Å². The van der Waals surface area contributed by atoms with Gasteiger partial charge in [-0.25, -0.2) is 8.78 Å². The number of Topliss-reactive ketones (excluding diaryl/α,β-unsaturated/α-hetero) is 2. The van der Waals surface area contributed by atoms with Crippen LogP contribution in [-0.4, -0.2) is 11.6 Å². The van der Waals surface area contributed by atoms with Gasteiger partial charge in [0.2, 0.25) is 0 Å². The van der Waals surface area contributed by atoms with E-state index in [9.17, 15) is 18.4 Å². The van der Waals surface area contributed by atoms with Gasteiger partial charge in [0.25, 0.3) is 0 Å². The second-order valence-corrected chi connectivity index (χ2v) is 9.19. The third-order valence-electron chi connectivity index (χ3n) is 7.24. The molecule has 0 N–H and O–H groups in total. The van der Waals surface area contributed by atoms with Crippen molar-refractivity contribution in [2.45, 2.75) is 38.5 Å². The largest absolute Gasteiger partial charge is 0.294 e. The van der Waals surface area contributed by atoms with Crippen molar-refractivity contribution in [3.63, 3.8) is 0 Å². The van der Waals surface area contributed by atoms with Gasteiger partial charge in [-0.05, 0) is 98.9 Å². The smallest absolute Gasteiger partial charge is 0.169 e. The Kier molecular flexibility index (Phi) is 3.84. The van der Waals surface area contributed by atoms with Gasteiger partial charge < -0.3 is 0 Å². The molecule has 28 heavy (non-hydrogen) atoms. The lowest BCUT2D eigenvalue weighted by molar-refractivity contribution is -0.0730. The highest BCUT2D eigenvalue weighted by molar-refractivity contribution is 6.04. The molecular formula is C24H22F2O2. The fraction of sp³-hybridized carbons (Fsp3) is 0.417. The number of rotatable bonds is 4. The van der Waals surface area contributed by atoms with E-state index in [1.165, 1.54) is 24.3 Å². The van der Waals surface area contributed by atoms with Gasteiger partial charge in [0.05, 0.1) is 0 Å². The molecule has 144 valence electrons. The molecule has 0 aromatic heterocycles. The summed E-state index contributed by atoms with van der Waals surface area (Å²) in [4.78, 5) is 26.9. The van der Waals surface area contributed by atoms with Crippen molar-refractivity contribution < 1.29 is 18.4 Å². The minimum atomic E-state index is -0.530. The zero-order chi connectivity index (χ0) is 19.5. The maximum absolute atomic E-state index is 13.5. The normalized spacial score (nSPS) is 33.1. The Bertz CT molecular complexity index is 856. The fourth-order valence-electron chi connectivity index (χ4n) is 6.61. The monoisotopic (exact) mass is 380 g/mol. The molecule has 6 rings (SSSR count). The lowest BCUT2D eigenvalue weighted by atomic mass is 9.42. The summed E-state index contributed by atoms with van der Waals surface area (Å²) in [6.45, 7) is 0. The molecule has 4 heteroatoms. The zero-order valence-corrected chi connectivity index (χ0v) is 15.6. The Hall–Kier alpha value is -2.36. The SMILES string of the molecule is O=C(c1ccc(F)cc1)C12CC3CC(C1)CC(C(=O)c1ccc(F)cc1)(C3)C2. The van der Waals surface area contributed by atoms with Crippen LogP contribution < -0.4 is 0 Å². The van der Waals surface area contributed by atoms with Crippen LogP contribution in [0.2, 0.25) is 0 Å². The highest BCUT2D eigenvalue weighted by atomic mass is 19.1. The summed E-state index contributed by atoms with van der Waals surface area (Å²) in [7, 11) is 0. The number of benzene rings is 2. The minimum Gasteiger partial charge on any atom is -0.294 e. The quantitative estimate of drug-likeness (QED) is 0.646. The third kappa shape index (κ3) is 2.65. The van der Waals surface area contributed by atoms with Crippen LogP contribution in [0.4, 0.5) is 8.78 Å². The highest BCUT2D eigenvalue weighted by Gasteiger charge is 2.62. The molecule has 2 nitrogen and oxygen atoms in total. The molecule has 0 unspecified atom stereocenters. The lowest BCUT2D eigenvalue weighted by Crippen LogP contribution is -2.57. The number of hydrogen-bond acceptors (Lipinski definition) is 2. The average molecular weight is 380 g/mol. The van der Waals surface area contributed by atoms with Gasteiger partial charge in [-0.2, -0.15) is 0 Å². The van der Waals surface area contributed by atoms with Crippen LogP contribution in [0.15, 0.2) is 48.5 Å². The molecule has 0 radical (unpaired) electrons. The van der Waals surface area contributed by atoms with Crippen molar-refractivity contribution in [3.05, 3.63) is 71.3 Å². The number of halogens is 2. The van der Waals surface area contributed by atoms with E-state index in [4.69, 9.17) is 0 Å². The first-order chi connectivity index (χ1) is 13.4. The Morgan fingerprint density at radius 3 is 1.39 bits per heavy atom. The molecule has 2 aromatic carbocycles. The van der Waals surface area contributed by atoms with Crippen molar-refractivity contribution >= 4 is 11.6 Å². The van der Waals surface area contributed by atoms with E-state index < -0.39 is 10.8 Å². The summed E-state index contributed by atoms with van der Waals surface area (Å²) in [6, 6.07) is 11.5. The molecule has 0 heterocycles. The zero-order valence-electron chi connectivity index (χ0n) is 15.6. The van der Waals surface area contributed by atoms with Gasteiger partial charge in [0.15, 0.2) is 11.6 Å². The van der Waals surface area contributed by atoms with Crippen LogP contribution in [0.3, 0.4) is 0 Å². The minimum absolute atomic E-state index is 0.0536. The van der Waals surface area contributed by atoms with Gasteiger partial charge in [-0.1, -0.05) is 0 Å². The summed E-state index contributed by atoms with van der Waals surface area (Å²) < 4.78 is 26.6. The summed E-state index contributed by atoms with van der Waals surface area (Å²) >= 11 is 0. The van der Waals surface area contributed by atoms with Crippen LogP contribution in [0.5, 0.6) is 0 Å². The highest BCUT2D eigenvalue weighted by Crippen LogP contribution is 2.66. The van der Waals surface area contributed by atoms with E-state index >= 15 is 0 Å². The predicted molar refractivity (Wildman–Crippen MR) is 101 cm³/mol. The number of carbonyl (C=O) groups is 2. The molecule has 4 saturated carbocycles. The summed E-state index contributed by atoms with van der Waals surface area (Å²) in [6.07, 6.45) is 4.91. The molecular weight excluding hydrogens is 358 g/mol. The molecule has 4 aliphatic rings. The first-order valence-corrected chi connectivity index (χ1v) is 10.00. The number of hydrogen-bond donors (Lipinski definition) is 0. The Balaban J connectivity index is 1.52. The maximum atomic E-state index is 13.5. The molecule has 0 aliphatic heterocycles. The summed E-state index contributed by atoms with van der Waals surface area (Å²) in [5, 5.41) is 0. The van der Waals surface area contributed by atoms with E-state index in [0.717, 1.165) is 32.1 Å². The Labute approximate surface area is 163 Å². The van der Waals surface area contributed by atoms with Crippen LogP contribution in [0, 0.1) is 34.3 Å². The van der Waals surface area contributed by atoms with Crippen LogP contribution >= 0.6 is 0 Å². The summed E-state index contributed by atoms with van der Waals surface area (Å²) in [5.41, 5.74) is 0.00956. The van der Waals surface area contributed by atoms with E-state index in [1.54, 1.807) is 24.3 Å². The van der Waals surface area contributed by atoms with Gasteiger partial charge >= 0.3 is 0 Å². The standard InChI is InChI=1S/C24H22F2O2/c25-19-5-1-17(2-6-19)21(27)23-10-15-9-16(11-23)13-24(12-15,14-23)22(28)18-3-7-20(26)8-4-18/h1-8,15-16H,9-14H2. The van der Waals surface area contributed by atoms with Gasteiger partial charge in [-0.15, -0.1) is 0 Å².